The topological polar surface area (TPSA) is 84.1 Å². The van der Waals surface area contributed by atoms with Crippen LogP contribution in [-0.4, -0.2) is 28.6 Å². The van der Waals surface area contributed by atoms with Crippen LogP contribution in [0.4, 0.5) is 5.82 Å². The third-order valence-electron chi connectivity index (χ3n) is 5.17. The van der Waals surface area contributed by atoms with E-state index in [1.165, 1.54) is 11.8 Å². The molecule has 0 bridgehead atoms. The molecule has 0 amide bonds. The lowest BCUT2D eigenvalue weighted by Gasteiger charge is -2.36. The fourth-order valence-corrected chi connectivity index (χ4v) is 4.65. The normalized spacial score (nSPS) is 20.6. The van der Waals surface area contributed by atoms with E-state index in [4.69, 9.17) is 4.74 Å². The second-order valence-electron chi connectivity index (χ2n) is 7.00. The van der Waals surface area contributed by atoms with Gasteiger partial charge in [-0.2, -0.15) is 0 Å². The highest BCUT2D eigenvalue weighted by Crippen LogP contribution is 2.45. The van der Waals surface area contributed by atoms with E-state index < -0.39 is 5.92 Å². The maximum atomic E-state index is 13.1. The number of allylic oxidation sites excluding steroid dienone is 2. The smallest absolute Gasteiger partial charge is 0.257 e. The highest BCUT2D eigenvalue weighted by atomic mass is 32.2. The van der Waals surface area contributed by atoms with Crippen LogP contribution in [0.15, 0.2) is 46.0 Å². The van der Waals surface area contributed by atoms with Crippen molar-refractivity contribution >= 4 is 23.4 Å². The van der Waals surface area contributed by atoms with Crippen LogP contribution < -0.4 is 15.6 Å². The molecule has 0 fully saturated rings. The molecule has 7 heteroatoms. The minimum Gasteiger partial charge on any atom is -0.497 e. The van der Waals surface area contributed by atoms with Gasteiger partial charge in [0.2, 0.25) is 0 Å². The van der Waals surface area contributed by atoms with Crippen molar-refractivity contribution in [2.75, 3.05) is 18.2 Å². The molecule has 2 N–H and O–H groups in total. The van der Waals surface area contributed by atoms with E-state index >= 15 is 0 Å². The number of Topliss-reactive ketones (excluding diaryl/α,β-unsaturated/α-hetero) is 1. The molecule has 0 saturated carbocycles. The van der Waals surface area contributed by atoms with E-state index in [0.717, 1.165) is 23.4 Å². The molecule has 2 heterocycles. The number of fused-ring (bicyclic) bond motifs is 2. The summed E-state index contributed by atoms with van der Waals surface area (Å²) in [4.78, 5) is 33.5. The summed E-state index contributed by atoms with van der Waals surface area (Å²) in [5, 5.41) is 3.88. The van der Waals surface area contributed by atoms with E-state index in [1.54, 1.807) is 7.11 Å². The fourth-order valence-electron chi connectivity index (χ4n) is 3.93. The maximum Gasteiger partial charge on any atom is 0.257 e. The average molecular weight is 398 g/mol. The molecule has 0 unspecified atom stereocenters. The number of hydrogen-bond donors (Lipinski definition) is 2. The van der Waals surface area contributed by atoms with Gasteiger partial charge in [0.1, 0.15) is 17.4 Å². The Hall–Kier alpha value is -2.54. The Bertz CT molecular complexity index is 999. The van der Waals surface area contributed by atoms with E-state index in [0.29, 0.717) is 35.1 Å². The van der Waals surface area contributed by atoms with Crippen LogP contribution >= 0.6 is 11.8 Å². The Morgan fingerprint density at radius 2 is 2.14 bits per heavy atom. The summed E-state index contributed by atoms with van der Waals surface area (Å²) >= 11 is 1.53. The molecule has 6 nitrogen and oxygen atoms in total. The third kappa shape index (κ3) is 3.35. The molecule has 2 aromatic rings. The molecule has 2 aliphatic rings. The van der Waals surface area contributed by atoms with Crippen LogP contribution in [0.25, 0.3) is 0 Å². The Balaban J connectivity index is 1.89. The number of ketones is 1. The number of H-pyrrole nitrogens is 1. The van der Waals surface area contributed by atoms with Crippen LogP contribution in [0.1, 0.15) is 43.2 Å². The SMILES string of the molecule is CCCSc1nc2c(c(=O)[nH]1)[C@@H](c1cccc(OC)c1)[C@@H]1C(=O)CCC=C1N2. The quantitative estimate of drug-likeness (QED) is 0.591. The summed E-state index contributed by atoms with van der Waals surface area (Å²) in [6, 6.07) is 7.59. The number of nitrogens with zero attached hydrogens (tertiary/aromatic N) is 1. The van der Waals surface area contributed by atoms with Gasteiger partial charge in [-0.25, -0.2) is 4.98 Å². The number of methoxy groups -OCH3 is 1. The molecular formula is C21H23N3O3S. The molecule has 0 radical (unpaired) electrons. The summed E-state index contributed by atoms with van der Waals surface area (Å²) < 4.78 is 5.37. The maximum absolute atomic E-state index is 13.1. The first-order valence-electron chi connectivity index (χ1n) is 9.53. The van der Waals surface area contributed by atoms with E-state index in [9.17, 15) is 9.59 Å². The molecule has 0 saturated heterocycles. The first-order chi connectivity index (χ1) is 13.6. The number of ether oxygens (including phenoxy) is 1. The number of anilines is 1. The summed E-state index contributed by atoms with van der Waals surface area (Å²) in [6.07, 6.45) is 4.25. The van der Waals surface area contributed by atoms with Crippen LogP contribution in [0.5, 0.6) is 5.75 Å². The lowest BCUT2D eigenvalue weighted by molar-refractivity contribution is -0.122. The van der Waals surface area contributed by atoms with Crippen molar-refractivity contribution < 1.29 is 9.53 Å². The van der Waals surface area contributed by atoms with Gasteiger partial charge in [0.05, 0.1) is 18.6 Å². The highest BCUT2D eigenvalue weighted by Gasteiger charge is 2.42. The molecule has 146 valence electrons. The van der Waals surface area contributed by atoms with Crippen LogP contribution in [0, 0.1) is 5.92 Å². The Morgan fingerprint density at radius 3 is 2.93 bits per heavy atom. The summed E-state index contributed by atoms with van der Waals surface area (Å²) in [5.41, 5.74) is 2.06. The average Bonchev–Trinajstić information content (AvgIpc) is 2.71. The van der Waals surface area contributed by atoms with Crippen molar-refractivity contribution in [2.45, 2.75) is 37.3 Å². The van der Waals surface area contributed by atoms with Gasteiger partial charge in [-0.1, -0.05) is 36.9 Å². The molecular weight excluding hydrogens is 374 g/mol. The van der Waals surface area contributed by atoms with Gasteiger partial charge in [0, 0.05) is 23.8 Å². The van der Waals surface area contributed by atoms with Gasteiger partial charge in [-0.15, -0.1) is 0 Å². The van der Waals surface area contributed by atoms with Crippen molar-refractivity contribution in [2.24, 2.45) is 5.92 Å². The van der Waals surface area contributed by atoms with E-state index in [2.05, 4.69) is 28.3 Å². The van der Waals surface area contributed by atoms with Gasteiger partial charge in [-0.05, 0) is 30.5 Å². The Morgan fingerprint density at radius 1 is 1.29 bits per heavy atom. The van der Waals surface area contributed by atoms with Gasteiger partial charge in [0.15, 0.2) is 5.16 Å². The fraction of sp³-hybridized carbons (Fsp3) is 0.381. The van der Waals surface area contributed by atoms with E-state index in [1.807, 2.05) is 24.3 Å². The number of nitrogens with one attached hydrogen (secondary N) is 2. The monoisotopic (exact) mass is 397 g/mol. The van der Waals surface area contributed by atoms with Crippen LogP contribution in [-0.2, 0) is 4.79 Å². The standard InChI is InChI=1S/C21H23N3O3S/c1-3-10-28-21-23-19-18(20(26)24-21)16(12-6-4-7-13(11-12)27-2)17-14(22-19)8-5-9-15(17)25/h4,6-8,11,16-17H,3,5,9-10H2,1-2H3,(H2,22,23,24,26)/t16-,17-/m0/s1. The predicted octanol–water partition coefficient (Wildman–Crippen LogP) is 3.70. The van der Waals surface area contributed by atoms with Crippen molar-refractivity contribution in [1.29, 1.82) is 0 Å². The van der Waals surface area contributed by atoms with Crippen molar-refractivity contribution in [3.8, 4) is 5.75 Å². The lowest BCUT2D eigenvalue weighted by Crippen LogP contribution is -2.38. The second kappa shape index (κ2) is 7.83. The van der Waals surface area contributed by atoms with Gasteiger partial charge in [0.25, 0.3) is 5.56 Å². The Labute approximate surface area is 167 Å². The largest absolute Gasteiger partial charge is 0.497 e. The minimum atomic E-state index is -0.398. The first-order valence-corrected chi connectivity index (χ1v) is 10.5. The Kier molecular flexibility index (Phi) is 5.26. The molecule has 1 aliphatic heterocycles. The van der Waals surface area contributed by atoms with Crippen molar-refractivity contribution in [1.82, 2.24) is 9.97 Å². The number of rotatable bonds is 5. The molecule has 1 aliphatic carbocycles. The summed E-state index contributed by atoms with van der Waals surface area (Å²) in [7, 11) is 1.61. The molecule has 2 atom stereocenters. The molecule has 1 aromatic heterocycles. The molecule has 0 spiro atoms. The lowest BCUT2D eigenvalue weighted by atomic mass is 9.72. The highest BCUT2D eigenvalue weighted by molar-refractivity contribution is 7.99. The number of benzene rings is 1. The molecule has 28 heavy (non-hydrogen) atoms. The minimum absolute atomic E-state index is 0.146. The molecule has 1 aromatic carbocycles. The van der Waals surface area contributed by atoms with Crippen LogP contribution in [0.2, 0.25) is 0 Å². The van der Waals surface area contributed by atoms with Crippen molar-refractivity contribution in [3.63, 3.8) is 0 Å². The first kappa shape index (κ1) is 18.8. The van der Waals surface area contributed by atoms with Crippen molar-refractivity contribution in [3.05, 3.63) is 57.5 Å². The number of hydrogen-bond acceptors (Lipinski definition) is 6. The zero-order valence-electron chi connectivity index (χ0n) is 16.0. The number of carbonyl (C=O) groups excluding carboxylic acids is 1. The van der Waals surface area contributed by atoms with Gasteiger partial charge >= 0.3 is 0 Å². The zero-order chi connectivity index (χ0) is 19.7. The predicted molar refractivity (Wildman–Crippen MR) is 110 cm³/mol. The van der Waals surface area contributed by atoms with Gasteiger partial charge in [-0.3, -0.25) is 9.59 Å². The number of aromatic amines is 1. The van der Waals surface area contributed by atoms with E-state index in [-0.39, 0.29) is 17.3 Å². The number of carbonyl (C=O) groups is 1. The number of aromatic nitrogens is 2. The van der Waals surface area contributed by atoms with Gasteiger partial charge < -0.3 is 15.0 Å². The third-order valence-corrected chi connectivity index (χ3v) is 6.25. The zero-order valence-corrected chi connectivity index (χ0v) is 16.8. The second-order valence-corrected chi connectivity index (χ2v) is 8.09. The summed E-state index contributed by atoms with van der Waals surface area (Å²) in [6.45, 7) is 2.09. The number of thioether (sulfide) groups is 1. The summed E-state index contributed by atoms with van der Waals surface area (Å²) in [5.74, 6) is 1.49. The van der Waals surface area contributed by atoms with Crippen LogP contribution in [0.3, 0.4) is 0 Å². The molecule has 4 rings (SSSR count).